The number of carbonyl (C=O) groups excluding carboxylic acids is 1. The zero-order valence-electron chi connectivity index (χ0n) is 9.90. The number of carbonyl (C=O) groups is 1. The van der Waals surface area contributed by atoms with Crippen LogP contribution in [0.25, 0.3) is 0 Å². The summed E-state index contributed by atoms with van der Waals surface area (Å²) >= 11 is 1.50. The van der Waals surface area contributed by atoms with Gasteiger partial charge in [-0.3, -0.25) is 4.79 Å². The van der Waals surface area contributed by atoms with Gasteiger partial charge in [0.2, 0.25) is 5.91 Å². The van der Waals surface area contributed by atoms with Gasteiger partial charge in [-0.25, -0.2) is 0 Å². The third-order valence-corrected chi connectivity index (χ3v) is 2.95. The second kappa shape index (κ2) is 7.07. The van der Waals surface area contributed by atoms with E-state index < -0.39 is 0 Å². The van der Waals surface area contributed by atoms with Crippen molar-refractivity contribution in [2.24, 2.45) is 0 Å². The summed E-state index contributed by atoms with van der Waals surface area (Å²) in [5.74, 6) is 5.37. The number of aliphatic hydroxyl groups excluding tert-OH is 1. The average molecular weight is 253 g/mol. The number of likely N-dealkylation sites (N-methyl/N-ethyl adjacent to an activating group) is 1. The van der Waals surface area contributed by atoms with Crippen LogP contribution in [0.1, 0.15) is 10.4 Å². The summed E-state index contributed by atoms with van der Waals surface area (Å²) in [6.45, 7) is 0.497. The minimum atomic E-state index is -0.139. The molecule has 0 spiro atoms. The number of rotatable bonds is 4. The normalized spacial score (nSPS) is 9.59. The van der Waals surface area contributed by atoms with Crippen molar-refractivity contribution in [3.05, 3.63) is 21.9 Å². The van der Waals surface area contributed by atoms with E-state index in [1.54, 1.807) is 11.9 Å². The molecule has 0 radical (unpaired) electrons. The fraction of sp³-hybridized carbons (Fsp3) is 0.417. The fourth-order valence-electron chi connectivity index (χ4n) is 1.25. The van der Waals surface area contributed by atoms with Crippen LogP contribution in [-0.4, -0.2) is 43.3 Å². The van der Waals surface area contributed by atoms with Gasteiger partial charge in [-0.05, 0) is 17.0 Å². The maximum absolute atomic E-state index is 11.5. The van der Waals surface area contributed by atoms with Gasteiger partial charge in [0.15, 0.2) is 0 Å². The number of thiophene rings is 1. The average Bonchev–Trinajstić information content (AvgIpc) is 2.74. The summed E-state index contributed by atoms with van der Waals surface area (Å²) in [5, 5.41) is 10.5. The van der Waals surface area contributed by atoms with Crippen molar-refractivity contribution in [1.82, 2.24) is 4.90 Å². The first kappa shape index (κ1) is 13.7. The van der Waals surface area contributed by atoms with Crippen LogP contribution < -0.4 is 0 Å². The van der Waals surface area contributed by atoms with Crippen molar-refractivity contribution in [3.8, 4) is 11.8 Å². The van der Waals surface area contributed by atoms with Crippen molar-refractivity contribution in [3.63, 3.8) is 0 Å². The molecule has 0 atom stereocenters. The molecule has 1 rings (SSSR count). The summed E-state index contributed by atoms with van der Waals surface area (Å²) in [6.07, 6.45) is 0. The van der Waals surface area contributed by atoms with Crippen molar-refractivity contribution < 1.29 is 14.6 Å². The summed E-state index contributed by atoms with van der Waals surface area (Å²) < 4.78 is 4.78. The first-order valence-electron chi connectivity index (χ1n) is 5.07. The predicted octanol–water partition coefficient (Wildman–Crippen LogP) is 0.697. The molecule has 1 heterocycles. The second-order valence-electron chi connectivity index (χ2n) is 3.46. The largest absolute Gasteiger partial charge is 0.384 e. The topological polar surface area (TPSA) is 49.8 Å². The quantitative estimate of drug-likeness (QED) is 0.804. The number of hydrogen-bond donors (Lipinski definition) is 1. The first-order chi connectivity index (χ1) is 8.17. The molecule has 0 aliphatic heterocycles. The lowest BCUT2D eigenvalue weighted by atomic mass is 10.3. The number of hydrogen-bond acceptors (Lipinski definition) is 4. The fourth-order valence-corrected chi connectivity index (χ4v) is 2.02. The summed E-state index contributed by atoms with van der Waals surface area (Å²) in [6, 6.07) is 1.92. The Balaban J connectivity index is 2.57. The van der Waals surface area contributed by atoms with E-state index in [1.807, 2.05) is 11.4 Å². The van der Waals surface area contributed by atoms with Crippen LogP contribution in [0.15, 0.2) is 11.4 Å². The first-order valence-corrected chi connectivity index (χ1v) is 5.95. The maximum atomic E-state index is 11.5. The summed E-state index contributed by atoms with van der Waals surface area (Å²) in [4.78, 5) is 14.0. The Bertz CT molecular complexity index is 430. The van der Waals surface area contributed by atoms with E-state index in [1.165, 1.54) is 18.4 Å². The van der Waals surface area contributed by atoms with Gasteiger partial charge in [0, 0.05) is 20.7 Å². The monoisotopic (exact) mass is 253 g/mol. The lowest BCUT2D eigenvalue weighted by molar-refractivity contribution is -0.134. The minimum absolute atomic E-state index is 0.0540. The minimum Gasteiger partial charge on any atom is -0.384 e. The molecular weight excluding hydrogens is 238 g/mol. The molecule has 0 aliphatic carbocycles. The van der Waals surface area contributed by atoms with Crippen LogP contribution in [0, 0.1) is 11.8 Å². The van der Waals surface area contributed by atoms with Gasteiger partial charge in [0.05, 0.1) is 4.88 Å². The highest BCUT2D eigenvalue weighted by molar-refractivity contribution is 7.10. The van der Waals surface area contributed by atoms with Crippen molar-refractivity contribution in [1.29, 1.82) is 0 Å². The van der Waals surface area contributed by atoms with Crippen molar-refractivity contribution in [2.45, 2.75) is 6.54 Å². The lowest BCUT2D eigenvalue weighted by Gasteiger charge is -2.15. The van der Waals surface area contributed by atoms with E-state index in [2.05, 4.69) is 11.8 Å². The zero-order valence-corrected chi connectivity index (χ0v) is 10.7. The molecule has 0 unspecified atom stereocenters. The smallest absolute Gasteiger partial charge is 0.248 e. The van der Waals surface area contributed by atoms with E-state index in [9.17, 15) is 4.79 Å². The number of aliphatic hydroxyl groups is 1. The highest BCUT2D eigenvalue weighted by atomic mass is 32.1. The zero-order chi connectivity index (χ0) is 12.7. The molecule has 5 heteroatoms. The number of methoxy groups -OCH3 is 1. The third kappa shape index (κ3) is 4.57. The molecule has 0 bridgehead atoms. The van der Waals surface area contributed by atoms with E-state index >= 15 is 0 Å². The molecule has 1 aromatic rings. The standard InChI is InChI=1S/C12H15NO3S/c1-13(12(15)8-16-2)7-10-6-11(17-9-10)4-3-5-14/h6,9,14H,5,7-8H2,1-2H3. The Morgan fingerprint density at radius 1 is 1.65 bits per heavy atom. The van der Waals surface area contributed by atoms with Gasteiger partial charge >= 0.3 is 0 Å². The van der Waals surface area contributed by atoms with Crippen molar-refractivity contribution >= 4 is 17.2 Å². The van der Waals surface area contributed by atoms with Gasteiger partial charge in [0.1, 0.15) is 13.2 Å². The maximum Gasteiger partial charge on any atom is 0.248 e. The van der Waals surface area contributed by atoms with Gasteiger partial charge in [-0.1, -0.05) is 11.8 Å². The molecule has 0 aliphatic rings. The summed E-state index contributed by atoms with van der Waals surface area (Å²) in [7, 11) is 3.23. The van der Waals surface area contributed by atoms with E-state index in [0.717, 1.165) is 10.4 Å². The van der Waals surface area contributed by atoms with Crippen LogP contribution in [0.4, 0.5) is 0 Å². The molecule has 1 N–H and O–H groups in total. The van der Waals surface area contributed by atoms with Crippen LogP contribution in [-0.2, 0) is 16.1 Å². The SMILES string of the molecule is COCC(=O)N(C)Cc1csc(C#CCO)c1. The Hall–Kier alpha value is -1.35. The van der Waals surface area contributed by atoms with Crippen molar-refractivity contribution in [2.75, 3.05) is 27.4 Å². The van der Waals surface area contributed by atoms with Crippen LogP contribution >= 0.6 is 11.3 Å². The Labute approximate surface area is 105 Å². The molecule has 1 amide bonds. The van der Waals surface area contributed by atoms with Crippen LogP contribution in [0.5, 0.6) is 0 Å². The Morgan fingerprint density at radius 2 is 2.41 bits per heavy atom. The lowest BCUT2D eigenvalue weighted by Crippen LogP contribution is -2.29. The van der Waals surface area contributed by atoms with E-state index in [-0.39, 0.29) is 19.1 Å². The molecular formula is C12H15NO3S. The molecule has 4 nitrogen and oxygen atoms in total. The highest BCUT2D eigenvalue weighted by Gasteiger charge is 2.09. The van der Waals surface area contributed by atoms with E-state index in [0.29, 0.717) is 6.54 Å². The highest BCUT2D eigenvalue weighted by Crippen LogP contribution is 2.15. The molecule has 92 valence electrons. The predicted molar refractivity (Wildman–Crippen MR) is 66.6 cm³/mol. The number of ether oxygens (including phenoxy) is 1. The molecule has 0 saturated carbocycles. The van der Waals surface area contributed by atoms with Gasteiger partial charge < -0.3 is 14.7 Å². The molecule has 1 aromatic heterocycles. The van der Waals surface area contributed by atoms with E-state index in [4.69, 9.17) is 9.84 Å². The van der Waals surface area contributed by atoms with Gasteiger partial charge in [-0.2, -0.15) is 0 Å². The second-order valence-corrected chi connectivity index (χ2v) is 4.37. The Morgan fingerprint density at radius 3 is 3.06 bits per heavy atom. The van der Waals surface area contributed by atoms with Crippen LogP contribution in [0.2, 0.25) is 0 Å². The molecule has 0 fully saturated rings. The number of amides is 1. The summed E-state index contributed by atoms with van der Waals surface area (Å²) in [5.41, 5.74) is 1.03. The molecule has 17 heavy (non-hydrogen) atoms. The molecule has 0 saturated heterocycles. The van der Waals surface area contributed by atoms with Gasteiger partial charge in [-0.15, -0.1) is 11.3 Å². The molecule has 0 aromatic carbocycles. The van der Waals surface area contributed by atoms with Gasteiger partial charge in [0.25, 0.3) is 0 Å². The van der Waals surface area contributed by atoms with Crippen LogP contribution in [0.3, 0.4) is 0 Å². The third-order valence-electron chi connectivity index (χ3n) is 2.06. The Kier molecular flexibility index (Phi) is 5.70. The number of nitrogens with zero attached hydrogens (tertiary/aromatic N) is 1.